The van der Waals surface area contributed by atoms with E-state index in [-0.39, 0.29) is 17.2 Å². The summed E-state index contributed by atoms with van der Waals surface area (Å²) in [7, 11) is 0. The minimum Gasteiger partial charge on any atom is -0.486 e. The predicted octanol–water partition coefficient (Wildman–Crippen LogP) is 3.07. The number of hydrogen-bond acceptors (Lipinski definition) is 3. The van der Waals surface area contributed by atoms with Crippen molar-refractivity contribution in [1.82, 2.24) is 9.38 Å². The van der Waals surface area contributed by atoms with Crippen LogP contribution in [0.5, 0.6) is 5.75 Å². The highest BCUT2D eigenvalue weighted by Crippen LogP contribution is 2.25. The largest absolute Gasteiger partial charge is 0.486 e. The molecule has 0 saturated heterocycles. The Hall–Kier alpha value is -2.40. The first-order valence-corrected chi connectivity index (χ1v) is 6.56. The lowest BCUT2D eigenvalue weighted by atomic mass is 10.3. The highest BCUT2D eigenvalue weighted by atomic mass is 35.5. The highest BCUT2D eigenvalue weighted by molar-refractivity contribution is 6.32. The lowest BCUT2D eigenvalue weighted by Gasteiger charge is -2.08. The van der Waals surface area contributed by atoms with Gasteiger partial charge in [-0.05, 0) is 30.3 Å². The smallest absolute Gasteiger partial charge is 0.258 e. The maximum atomic E-state index is 12.9. The number of benzene rings is 1. The van der Waals surface area contributed by atoms with Crippen molar-refractivity contribution in [3.05, 3.63) is 75.5 Å². The van der Waals surface area contributed by atoms with Gasteiger partial charge in [-0.3, -0.25) is 9.20 Å². The lowest BCUT2D eigenvalue weighted by Crippen LogP contribution is -2.16. The number of ether oxygens (including phenoxy) is 1. The predicted molar refractivity (Wildman–Crippen MR) is 77.2 cm³/mol. The van der Waals surface area contributed by atoms with Crippen LogP contribution in [0.25, 0.3) is 5.65 Å². The van der Waals surface area contributed by atoms with E-state index < -0.39 is 5.82 Å². The molecule has 0 atom stereocenters. The summed E-state index contributed by atoms with van der Waals surface area (Å²) in [6.45, 7) is 0.0754. The van der Waals surface area contributed by atoms with E-state index in [9.17, 15) is 9.18 Å². The van der Waals surface area contributed by atoms with Gasteiger partial charge in [0.1, 0.15) is 23.8 Å². The molecule has 6 heteroatoms. The molecule has 1 aromatic carbocycles. The Morgan fingerprint density at radius 1 is 1.24 bits per heavy atom. The summed E-state index contributed by atoms with van der Waals surface area (Å²) in [5, 5.41) is 0.174. The van der Waals surface area contributed by atoms with Crippen LogP contribution in [0.2, 0.25) is 5.02 Å². The van der Waals surface area contributed by atoms with E-state index in [0.29, 0.717) is 17.1 Å². The Bertz CT molecular complexity index is 864. The molecule has 0 bridgehead atoms. The Morgan fingerprint density at radius 2 is 2.10 bits per heavy atom. The van der Waals surface area contributed by atoms with Gasteiger partial charge in [-0.1, -0.05) is 17.7 Å². The van der Waals surface area contributed by atoms with Crippen molar-refractivity contribution >= 4 is 17.2 Å². The minimum atomic E-state index is -0.436. The summed E-state index contributed by atoms with van der Waals surface area (Å²) in [4.78, 5) is 16.2. The number of pyridine rings is 1. The van der Waals surface area contributed by atoms with Gasteiger partial charge in [-0.15, -0.1) is 0 Å². The summed E-state index contributed by atoms with van der Waals surface area (Å²) in [5.74, 6) is -0.0949. The second-order valence-electron chi connectivity index (χ2n) is 4.38. The number of nitrogens with zero attached hydrogens (tertiary/aromatic N) is 2. The topological polar surface area (TPSA) is 43.6 Å². The maximum Gasteiger partial charge on any atom is 0.258 e. The molecule has 0 spiro atoms. The second kappa shape index (κ2) is 5.54. The molecule has 0 saturated carbocycles. The first-order chi connectivity index (χ1) is 10.1. The molecule has 3 rings (SSSR count). The molecule has 2 aromatic heterocycles. The van der Waals surface area contributed by atoms with Crippen LogP contribution in [0.3, 0.4) is 0 Å². The van der Waals surface area contributed by atoms with Crippen LogP contribution in [0, 0.1) is 5.82 Å². The molecular weight excluding hydrogens is 295 g/mol. The zero-order chi connectivity index (χ0) is 14.8. The molecule has 0 N–H and O–H groups in total. The van der Waals surface area contributed by atoms with E-state index in [1.807, 2.05) is 0 Å². The number of aromatic nitrogens is 2. The average Bonchev–Trinajstić information content (AvgIpc) is 2.46. The lowest BCUT2D eigenvalue weighted by molar-refractivity contribution is 0.301. The van der Waals surface area contributed by atoms with Gasteiger partial charge < -0.3 is 4.74 Å². The molecule has 0 fully saturated rings. The van der Waals surface area contributed by atoms with Crippen LogP contribution in [0.15, 0.2) is 53.5 Å². The molecule has 0 amide bonds. The van der Waals surface area contributed by atoms with Crippen molar-refractivity contribution < 1.29 is 9.13 Å². The van der Waals surface area contributed by atoms with Gasteiger partial charge in [0, 0.05) is 12.3 Å². The van der Waals surface area contributed by atoms with Gasteiger partial charge in [0.15, 0.2) is 0 Å². The zero-order valence-electron chi connectivity index (χ0n) is 10.8. The third-order valence-electron chi connectivity index (χ3n) is 2.89. The van der Waals surface area contributed by atoms with Gasteiger partial charge >= 0.3 is 0 Å². The van der Waals surface area contributed by atoms with Crippen LogP contribution in [0.1, 0.15) is 5.69 Å². The van der Waals surface area contributed by atoms with E-state index in [2.05, 4.69) is 4.98 Å². The van der Waals surface area contributed by atoms with Crippen molar-refractivity contribution in [3.8, 4) is 5.75 Å². The van der Waals surface area contributed by atoms with Crippen molar-refractivity contribution in [1.29, 1.82) is 0 Å². The molecule has 0 unspecified atom stereocenters. The minimum absolute atomic E-state index is 0.0754. The fourth-order valence-electron chi connectivity index (χ4n) is 1.92. The Labute approximate surface area is 124 Å². The summed E-state index contributed by atoms with van der Waals surface area (Å²) >= 11 is 5.87. The SMILES string of the molecule is O=c1cc(COc2ccc(F)cc2Cl)nc2ccccn12. The third-order valence-corrected chi connectivity index (χ3v) is 3.19. The molecular formula is C15H10ClFN2O2. The molecule has 0 radical (unpaired) electrons. The maximum absolute atomic E-state index is 12.9. The molecule has 3 aromatic rings. The summed E-state index contributed by atoms with van der Waals surface area (Å²) < 4.78 is 19.9. The quantitative estimate of drug-likeness (QED) is 0.747. The molecule has 0 aliphatic carbocycles. The third kappa shape index (κ3) is 2.87. The van der Waals surface area contributed by atoms with Crippen LogP contribution < -0.4 is 10.3 Å². The summed E-state index contributed by atoms with van der Waals surface area (Å²) in [5.41, 5.74) is 0.824. The number of rotatable bonds is 3. The van der Waals surface area contributed by atoms with Crippen molar-refractivity contribution in [2.24, 2.45) is 0 Å². The van der Waals surface area contributed by atoms with Gasteiger partial charge in [-0.2, -0.15) is 0 Å². The van der Waals surface area contributed by atoms with Crippen LogP contribution in [-0.4, -0.2) is 9.38 Å². The van der Waals surface area contributed by atoms with E-state index in [0.717, 1.165) is 0 Å². The van der Waals surface area contributed by atoms with Crippen LogP contribution in [-0.2, 0) is 6.61 Å². The van der Waals surface area contributed by atoms with Gasteiger partial charge in [0.25, 0.3) is 5.56 Å². The first-order valence-electron chi connectivity index (χ1n) is 6.19. The van der Waals surface area contributed by atoms with E-state index >= 15 is 0 Å². The van der Waals surface area contributed by atoms with Gasteiger partial charge in [0.2, 0.25) is 0 Å². The molecule has 21 heavy (non-hydrogen) atoms. The fourth-order valence-corrected chi connectivity index (χ4v) is 2.14. The average molecular weight is 305 g/mol. The molecule has 2 heterocycles. The monoisotopic (exact) mass is 304 g/mol. The standard InChI is InChI=1S/C15H10ClFN2O2/c16-12-7-10(17)4-5-13(12)21-9-11-8-15(20)19-6-2-1-3-14(19)18-11/h1-8H,9H2. The van der Waals surface area contributed by atoms with Crippen molar-refractivity contribution in [3.63, 3.8) is 0 Å². The Morgan fingerprint density at radius 3 is 2.90 bits per heavy atom. The van der Waals surface area contributed by atoms with Crippen molar-refractivity contribution in [2.75, 3.05) is 0 Å². The van der Waals surface area contributed by atoms with Crippen LogP contribution >= 0.6 is 11.6 Å². The van der Waals surface area contributed by atoms with Gasteiger partial charge in [-0.25, -0.2) is 9.37 Å². The number of hydrogen-bond donors (Lipinski definition) is 0. The molecule has 4 nitrogen and oxygen atoms in total. The highest BCUT2D eigenvalue weighted by Gasteiger charge is 2.06. The number of halogens is 2. The second-order valence-corrected chi connectivity index (χ2v) is 4.79. The van der Waals surface area contributed by atoms with Crippen LogP contribution in [0.4, 0.5) is 4.39 Å². The summed E-state index contributed by atoms with van der Waals surface area (Å²) in [6, 6.07) is 10.5. The normalized spacial score (nSPS) is 10.8. The van der Waals surface area contributed by atoms with E-state index in [1.54, 1.807) is 24.4 Å². The summed E-state index contributed by atoms with van der Waals surface area (Å²) in [6.07, 6.45) is 1.64. The number of fused-ring (bicyclic) bond motifs is 1. The zero-order valence-corrected chi connectivity index (χ0v) is 11.5. The molecule has 0 aliphatic heterocycles. The van der Waals surface area contributed by atoms with E-state index in [1.165, 1.54) is 28.7 Å². The van der Waals surface area contributed by atoms with E-state index in [4.69, 9.17) is 16.3 Å². The molecule has 106 valence electrons. The Balaban J connectivity index is 1.87. The van der Waals surface area contributed by atoms with Gasteiger partial charge in [0.05, 0.1) is 10.7 Å². The Kier molecular flexibility index (Phi) is 3.58. The first kappa shape index (κ1) is 13.6. The molecule has 0 aliphatic rings. The fraction of sp³-hybridized carbons (Fsp3) is 0.0667. The van der Waals surface area contributed by atoms with Crippen molar-refractivity contribution in [2.45, 2.75) is 6.61 Å².